The molecule has 0 radical (unpaired) electrons. The lowest BCUT2D eigenvalue weighted by Crippen LogP contribution is -2.38. The van der Waals surface area contributed by atoms with Crippen molar-refractivity contribution in [3.05, 3.63) is 0 Å². The van der Waals surface area contributed by atoms with Crippen molar-refractivity contribution in [3.8, 4) is 0 Å². The molecule has 2 aliphatic rings. The highest BCUT2D eigenvalue weighted by atomic mass is 19.4. The molecule has 2 fully saturated rings. The second-order valence-corrected chi connectivity index (χ2v) is 6.86. The summed E-state index contributed by atoms with van der Waals surface area (Å²) < 4.78 is 56.5. The zero-order valence-corrected chi connectivity index (χ0v) is 14.3. The average molecular weight is 368 g/mol. The molecule has 0 spiro atoms. The molecule has 0 amide bonds. The minimum atomic E-state index is -4.43. The van der Waals surface area contributed by atoms with E-state index in [-0.39, 0.29) is 31.3 Å². The largest absolute Gasteiger partial charge is 0.509 e. The van der Waals surface area contributed by atoms with E-state index in [0.29, 0.717) is 19.3 Å². The lowest BCUT2D eigenvalue weighted by atomic mass is 9.85. The Morgan fingerprint density at radius 1 is 1.20 bits per heavy atom. The van der Waals surface area contributed by atoms with Gasteiger partial charge in [-0.3, -0.25) is 4.79 Å². The number of carbonyl (C=O) groups excluding carboxylic acids is 2. The van der Waals surface area contributed by atoms with Crippen molar-refractivity contribution < 1.29 is 41.7 Å². The molecule has 0 aromatic heterocycles. The minimum Gasteiger partial charge on any atom is -0.465 e. The molecular formula is C16H23F3O6. The number of carbonyl (C=O) groups is 2. The van der Waals surface area contributed by atoms with Gasteiger partial charge >= 0.3 is 18.3 Å². The summed E-state index contributed by atoms with van der Waals surface area (Å²) >= 11 is 0. The topological polar surface area (TPSA) is 71.1 Å². The van der Waals surface area contributed by atoms with E-state index in [4.69, 9.17) is 14.2 Å². The van der Waals surface area contributed by atoms with Crippen LogP contribution < -0.4 is 0 Å². The summed E-state index contributed by atoms with van der Waals surface area (Å²) in [6.45, 7) is 1.60. The number of halogens is 3. The highest BCUT2D eigenvalue weighted by Gasteiger charge is 2.42. The molecule has 25 heavy (non-hydrogen) atoms. The molecule has 1 saturated carbocycles. The third-order valence-corrected chi connectivity index (χ3v) is 4.74. The maximum Gasteiger partial charge on any atom is 0.509 e. The van der Waals surface area contributed by atoms with E-state index in [1.807, 2.05) is 0 Å². The van der Waals surface area contributed by atoms with Gasteiger partial charge < -0.3 is 18.9 Å². The minimum absolute atomic E-state index is 0.0249. The van der Waals surface area contributed by atoms with E-state index < -0.39 is 30.3 Å². The SMILES string of the molecule is CCC(C)(COCC(F)(F)F)C(=O)OCC1CCC2OC(=O)OC2C1. The number of rotatable bonds is 7. The van der Waals surface area contributed by atoms with Gasteiger partial charge in [-0.2, -0.15) is 13.2 Å². The summed E-state index contributed by atoms with van der Waals surface area (Å²) in [6.07, 6.45) is -3.47. The van der Waals surface area contributed by atoms with Gasteiger partial charge in [-0.1, -0.05) is 6.92 Å². The standard InChI is InChI=1S/C16H23F3O6/c1-3-15(2,8-22-9-16(17,18)19)13(20)23-7-10-4-5-11-12(6-10)25-14(21)24-11/h10-12H,3-9H2,1-2H3. The van der Waals surface area contributed by atoms with Crippen molar-refractivity contribution >= 4 is 12.1 Å². The van der Waals surface area contributed by atoms with Crippen molar-refractivity contribution in [2.75, 3.05) is 19.8 Å². The monoisotopic (exact) mass is 368 g/mol. The third kappa shape index (κ3) is 5.49. The number of fused-ring (bicyclic) bond motifs is 1. The van der Waals surface area contributed by atoms with Gasteiger partial charge in [0.1, 0.15) is 18.8 Å². The van der Waals surface area contributed by atoms with Crippen LogP contribution in [0.5, 0.6) is 0 Å². The fourth-order valence-corrected chi connectivity index (χ4v) is 2.93. The molecule has 0 aromatic carbocycles. The van der Waals surface area contributed by atoms with Crippen LogP contribution >= 0.6 is 0 Å². The van der Waals surface area contributed by atoms with Gasteiger partial charge in [0.25, 0.3) is 0 Å². The Bertz CT molecular complexity index is 495. The van der Waals surface area contributed by atoms with Crippen molar-refractivity contribution in [2.24, 2.45) is 11.3 Å². The molecule has 144 valence electrons. The molecule has 0 N–H and O–H groups in total. The van der Waals surface area contributed by atoms with E-state index in [1.165, 1.54) is 6.92 Å². The molecule has 4 atom stereocenters. The zero-order chi connectivity index (χ0) is 18.7. The van der Waals surface area contributed by atoms with Gasteiger partial charge in [0.05, 0.1) is 18.6 Å². The Hall–Kier alpha value is -1.51. The normalized spacial score (nSPS) is 28.5. The Labute approximate surface area is 143 Å². The van der Waals surface area contributed by atoms with Crippen LogP contribution in [0.2, 0.25) is 0 Å². The summed E-state index contributed by atoms with van der Waals surface area (Å²) in [5.74, 6) is -0.559. The lowest BCUT2D eigenvalue weighted by molar-refractivity contribution is -0.187. The highest BCUT2D eigenvalue weighted by Crippen LogP contribution is 2.34. The first-order valence-corrected chi connectivity index (χ1v) is 8.32. The molecule has 1 aliphatic carbocycles. The Kier molecular flexibility index (Phi) is 6.18. The van der Waals surface area contributed by atoms with Crippen LogP contribution in [-0.2, 0) is 23.7 Å². The van der Waals surface area contributed by atoms with E-state index in [1.54, 1.807) is 6.92 Å². The zero-order valence-electron chi connectivity index (χ0n) is 14.3. The fourth-order valence-electron chi connectivity index (χ4n) is 2.93. The van der Waals surface area contributed by atoms with Crippen LogP contribution in [0.15, 0.2) is 0 Å². The second-order valence-electron chi connectivity index (χ2n) is 6.86. The molecule has 0 bridgehead atoms. The summed E-state index contributed by atoms with van der Waals surface area (Å²) in [5, 5.41) is 0. The predicted molar refractivity (Wildman–Crippen MR) is 78.7 cm³/mol. The van der Waals surface area contributed by atoms with E-state index in [0.717, 1.165) is 6.42 Å². The Morgan fingerprint density at radius 3 is 2.52 bits per heavy atom. The highest BCUT2D eigenvalue weighted by molar-refractivity contribution is 5.76. The van der Waals surface area contributed by atoms with Gasteiger partial charge in [0.15, 0.2) is 0 Å². The Balaban J connectivity index is 1.78. The molecule has 2 rings (SSSR count). The summed E-state index contributed by atoms with van der Waals surface area (Å²) in [4.78, 5) is 23.4. The summed E-state index contributed by atoms with van der Waals surface area (Å²) in [5.41, 5.74) is -1.13. The maximum absolute atomic E-state index is 12.3. The average Bonchev–Trinajstić information content (AvgIpc) is 2.90. The number of hydrogen-bond acceptors (Lipinski definition) is 6. The van der Waals surface area contributed by atoms with Gasteiger partial charge in [-0.15, -0.1) is 0 Å². The van der Waals surface area contributed by atoms with Crippen molar-refractivity contribution in [1.29, 1.82) is 0 Å². The van der Waals surface area contributed by atoms with Crippen LogP contribution in [0.4, 0.5) is 18.0 Å². The van der Waals surface area contributed by atoms with Crippen LogP contribution in [0, 0.1) is 11.3 Å². The maximum atomic E-state index is 12.3. The molecule has 6 nitrogen and oxygen atoms in total. The third-order valence-electron chi connectivity index (χ3n) is 4.74. The molecule has 1 saturated heterocycles. The number of ether oxygens (including phenoxy) is 4. The molecule has 4 unspecified atom stereocenters. The Morgan fingerprint density at radius 2 is 1.88 bits per heavy atom. The van der Waals surface area contributed by atoms with Crippen molar-refractivity contribution in [3.63, 3.8) is 0 Å². The number of esters is 1. The van der Waals surface area contributed by atoms with Crippen molar-refractivity contribution in [2.45, 2.75) is 57.9 Å². The fraction of sp³-hybridized carbons (Fsp3) is 0.875. The van der Waals surface area contributed by atoms with Gasteiger partial charge in [-0.25, -0.2) is 4.79 Å². The van der Waals surface area contributed by atoms with Crippen LogP contribution in [-0.4, -0.2) is 50.3 Å². The van der Waals surface area contributed by atoms with E-state index >= 15 is 0 Å². The predicted octanol–water partition coefficient (Wildman–Crippen LogP) is 3.23. The molecule has 1 aliphatic heterocycles. The molecule has 0 aromatic rings. The molecule has 1 heterocycles. The summed E-state index contributed by atoms with van der Waals surface area (Å²) in [7, 11) is 0. The van der Waals surface area contributed by atoms with Gasteiger partial charge in [0.2, 0.25) is 0 Å². The number of alkyl halides is 3. The van der Waals surface area contributed by atoms with Crippen LogP contribution in [0.1, 0.15) is 39.5 Å². The summed E-state index contributed by atoms with van der Waals surface area (Å²) in [6, 6.07) is 0. The first kappa shape index (κ1) is 19.8. The first-order valence-electron chi connectivity index (χ1n) is 8.32. The van der Waals surface area contributed by atoms with Crippen LogP contribution in [0.25, 0.3) is 0 Å². The quantitative estimate of drug-likeness (QED) is 0.643. The molecule has 9 heteroatoms. The lowest BCUT2D eigenvalue weighted by Gasteiger charge is -2.30. The van der Waals surface area contributed by atoms with Gasteiger partial charge in [0, 0.05) is 0 Å². The number of hydrogen-bond donors (Lipinski definition) is 0. The van der Waals surface area contributed by atoms with Gasteiger partial charge in [-0.05, 0) is 38.5 Å². The first-order chi connectivity index (χ1) is 11.6. The van der Waals surface area contributed by atoms with E-state index in [2.05, 4.69) is 4.74 Å². The second kappa shape index (κ2) is 7.80. The van der Waals surface area contributed by atoms with Crippen LogP contribution in [0.3, 0.4) is 0 Å². The molecular weight excluding hydrogens is 345 g/mol. The van der Waals surface area contributed by atoms with E-state index in [9.17, 15) is 22.8 Å². The van der Waals surface area contributed by atoms with Crippen molar-refractivity contribution in [1.82, 2.24) is 0 Å². The smallest absolute Gasteiger partial charge is 0.465 e.